The van der Waals surface area contributed by atoms with Crippen molar-refractivity contribution in [3.63, 3.8) is 0 Å². The second-order valence-electron chi connectivity index (χ2n) is 6.77. The van der Waals surface area contributed by atoms with Crippen LogP contribution in [0.1, 0.15) is 23.2 Å². The van der Waals surface area contributed by atoms with Crippen LogP contribution in [0.2, 0.25) is 0 Å². The van der Waals surface area contributed by atoms with Gasteiger partial charge in [-0.05, 0) is 37.4 Å². The second-order valence-corrected chi connectivity index (χ2v) is 6.77. The average Bonchev–Trinajstić information content (AvgIpc) is 3.10. The molecule has 2 saturated heterocycles. The van der Waals surface area contributed by atoms with Gasteiger partial charge in [-0.15, -0.1) is 0 Å². The van der Waals surface area contributed by atoms with E-state index in [1.807, 2.05) is 12.1 Å². The molecule has 3 heterocycles. The number of aromatic nitrogens is 1. The van der Waals surface area contributed by atoms with E-state index in [4.69, 9.17) is 0 Å². The van der Waals surface area contributed by atoms with Gasteiger partial charge in [0.05, 0.1) is 6.54 Å². The lowest BCUT2D eigenvalue weighted by Gasteiger charge is -2.34. The molecule has 2 fully saturated rings. The van der Waals surface area contributed by atoms with E-state index in [2.05, 4.69) is 19.7 Å². The van der Waals surface area contributed by atoms with Crippen molar-refractivity contribution in [2.45, 2.75) is 12.8 Å². The molecule has 1 unspecified atom stereocenters. The fraction of sp³-hybridized carbons (Fsp3) is 0.611. The number of pyridine rings is 1. The van der Waals surface area contributed by atoms with Crippen LogP contribution in [-0.4, -0.2) is 79.7 Å². The number of anilines is 1. The van der Waals surface area contributed by atoms with Gasteiger partial charge in [-0.1, -0.05) is 0 Å². The van der Waals surface area contributed by atoms with Gasteiger partial charge in [0, 0.05) is 51.0 Å². The lowest BCUT2D eigenvalue weighted by molar-refractivity contribution is -0.109. The molecule has 0 aliphatic carbocycles. The van der Waals surface area contributed by atoms with Gasteiger partial charge in [-0.25, -0.2) is 4.98 Å². The molecule has 2 aliphatic heterocycles. The maximum Gasteiger partial charge on any atom is 0.151 e. The zero-order valence-electron chi connectivity index (χ0n) is 14.1. The maximum absolute atomic E-state index is 10.7. The van der Waals surface area contributed by atoms with Gasteiger partial charge in [0.1, 0.15) is 12.1 Å². The Kier molecular flexibility index (Phi) is 5.93. The molecule has 0 radical (unpaired) electrons. The van der Waals surface area contributed by atoms with Crippen LogP contribution < -0.4 is 4.90 Å². The molecule has 0 spiro atoms. The Bertz CT molecular complexity index is 540. The Morgan fingerprint density at radius 2 is 1.88 bits per heavy atom. The second kappa shape index (κ2) is 8.35. The number of carbonyl (C=O) groups is 2. The molecule has 3 rings (SSSR count). The Hall–Kier alpha value is -1.79. The highest BCUT2D eigenvalue weighted by molar-refractivity contribution is 5.74. The van der Waals surface area contributed by atoms with Gasteiger partial charge in [0.15, 0.2) is 6.29 Å². The minimum absolute atomic E-state index is 0.571. The average molecular weight is 330 g/mol. The number of hydrogen-bond acceptors (Lipinski definition) is 6. The van der Waals surface area contributed by atoms with E-state index in [1.54, 1.807) is 6.20 Å². The molecular weight excluding hydrogens is 304 g/mol. The summed E-state index contributed by atoms with van der Waals surface area (Å²) in [6, 6.07) is 3.78. The smallest absolute Gasteiger partial charge is 0.151 e. The standard InChI is InChI=1S/C18H26N4O2/c23-12-11-21-9-7-20(8-10-21)5-3-16-4-6-22(14-16)18-2-1-17(15-24)13-19-18/h1-2,12-13,15-16H,3-11,14H2. The molecule has 0 bridgehead atoms. The first-order valence-electron chi connectivity index (χ1n) is 8.83. The molecule has 0 N–H and O–H groups in total. The summed E-state index contributed by atoms with van der Waals surface area (Å²) >= 11 is 0. The van der Waals surface area contributed by atoms with Crippen molar-refractivity contribution in [2.24, 2.45) is 5.92 Å². The zero-order valence-corrected chi connectivity index (χ0v) is 14.1. The molecule has 0 amide bonds. The summed E-state index contributed by atoms with van der Waals surface area (Å²) in [4.78, 5) is 32.7. The Balaban J connectivity index is 1.40. The number of hydrogen-bond donors (Lipinski definition) is 0. The normalized spacial score (nSPS) is 22.7. The summed E-state index contributed by atoms with van der Waals surface area (Å²) in [6.45, 7) is 7.96. The first kappa shape index (κ1) is 17.0. The summed E-state index contributed by atoms with van der Waals surface area (Å²) in [5.41, 5.74) is 0.628. The molecule has 1 aromatic heterocycles. The molecule has 1 aromatic rings. The quantitative estimate of drug-likeness (QED) is 0.693. The monoisotopic (exact) mass is 330 g/mol. The van der Waals surface area contributed by atoms with Crippen molar-refractivity contribution < 1.29 is 9.59 Å². The lowest BCUT2D eigenvalue weighted by atomic mass is 10.0. The third kappa shape index (κ3) is 4.39. The van der Waals surface area contributed by atoms with Crippen LogP contribution in [0.3, 0.4) is 0 Å². The fourth-order valence-corrected chi connectivity index (χ4v) is 3.60. The van der Waals surface area contributed by atoms with E-state index in [9.17, 15) is 9.59 Å². The van der Waals surface area contributed by atoms with Crippen molar-refractivity contribution in [3.05, 3.63) is 23.9 Å². The highest BCUT2D eigenvalue weighted by Crippen LogP contribution is 2.24. The number of carbonyl (C=O) groups excluding carboxylic acids is 2. The first-order chi connectivity index (χ1) is 11.8. The van der Waals surface area contributed by atoms with E-state index in [0.717, 1.165) is 64.2 Å². The molecule has 0 aromatic carbocycles. The molecule has 6 nitrogen and oxygen atoms in total. The number of piperazine rings is 1. The molecular formula is C18H26N4O2. The predicted octanol–water partition coefficient (Wildman–Crippen LogP) is 0.927. The van der Waals surface area contributed by atoms with Gasteiger partial charge < -0.3 is 14.6 Å². The van der Waals surface area contributed by atoms with Crippen LogP contribution in [0.4, 0.5) is 5.82 Å². The van der Waals surface area contributed by atoms with E-state index in [1.165, 1.54) is 12.8 Å². The van der Waals surface area contributed by atoms with Gasteiger partial charge in [-0.2, -0.15) is 0 Å². The van der Waals surface area contributed by atoms with Crippen LogP contribution in [0.15, 0.2) is 18.3 Å². The minimum Gasteiger partial charge on any atom is -0.356 e. The summed E-state index contributed by atoms with van der Waals surface area (Å²) in [6.07, 6.45) is 5.91. The van der Waals surface area contributed by atoms with Crippen LogP contribution in [0, 0.1) is 5.92 Å². The Morgan fingerprint density at radius 1 is 1.08 bits per heavy atom. The van der Waals surface area contributed by atoms with E-state index in [0.29, 0.717) is 18.0 Å². The molecule has 0 saturated carbocycles. The molecule has 2 aliphatic rings. The number of aldehydes is 2. The van der Waals surface area contributed by atoms with Crippen molar-refractivity contribution in [2.75, 3.05) is 57.3 Å². The van der Waals surface area contributed by atoms with Crippen molar-refractivity contribution in [1.29, 1.82) is 0 Å². The van der Waals surface area contributed by atoms with Crippen LogP contribution in [0.25, 0.3) is 0 Å². The third-order valence-electron chi connectivity index (χ3n) is 5.17. The molecule has 130 valence electrons. The third-order valence-corrected chi connectivity index (χ3v) is 5.17. The fourth-order valence-electron chi connectivity index (χ4n) is 3.60. The summed E-state index contributed by atoms with van der Waals surface area (Å²) < 4.78 is 0. The lowest BCUT2D eigenvalue weighted by Crippen LogP contribution is -2.47. The number of rotatable bonds is 7. The summed E-state index contributed by atoms with van der Waals surface area (Å²) in [7, 11) is 0. The molecule has 24 heavy (non-hydrogen) atoms. The predicted molar refractivity (Wildman–Crippen MR) is 93.5 cm³/mol. The van der Waals surface area contributed by atoms with Crippen molar-refractivity contribution in [1.82, 2.24) is 14.8 Å². The molecule has 6 heteroatoms. The molecule has 1 atom stereocenters. The number of nitrogens with zero attached hydrogens (tertiary/aromatic N) is 4. The van der Waals surface area contributed by atoms with E-state index in [-0.39, 0.29) is 0 Å². The minimum atomic E-state index is 0.571. The van der Waals surface area contributed by atoms with Crippen LogP contribution >= 0.6 is 0 Å². The first-order valence-corrected chi connectivity index (χ1v) is 8.83. The highest BCUT2D eigenvalue weighted by Gasteiger charge is 2.24. The van der Waals surface area contributed by atoms with E-state index < -0.39 is 0 Å². The Morgan fingerprint density at radius 3 is 2.54 bits per heavy atom. The van der Waals surface area contributed by atoms with E-state index >= 15 is 0 Å². The maximum atomic E-state index is 10.7. The summed E-state index contributed by atoms with van der Waals surface area (Å²) in [5, 5.41) is 0. The SMILES string of the molecule is O=CCN1CCN(CCC2CCN(c3ccc(C=O)cn3)C2)CC1. The van der Waals surface area contributed by atoms with Crippen molar-refractivity contribution in [3.8, 4) is 0 Å². The van der Waals surface area contributed by atoms with Crippen molar-refractivity contribution >= 4 is 18.4 Å². The zero-order chi connectivity index (χ0) is 16.8. The largest absolute Gasteiger partial charge is 0.356 e. The van der Waals surface area contributed by atoms with Gasteiger partial charge in [-0.3, -0.25) is 9.69 Å². The topological polar surface area (TPSA) is 56.8 Å². The van der Waals surface area contributed by atoms with Gasteiger partial charge >= 0.3 is 0 Å². The Labute approximate surface area is 143 Å². The van der Waals surface area contributed by atoms with Gasteiger partial charge in [0.25, 0.3) is 0 Å². The van der Waals surface area contributed by atoms with Crippen LogP contribution in [0.5, 0.6) is 0 Å². The summed E-state index contributed by atoms with van der Waals surface area (Å²) in [5.74, 6) is 1.69. The van der Waals surface area contributed by atoms with Gasteiger partial charge in [0.2, 0.25) is 0 Å². The van der Waals surface area contributed by atoms with Crippen LogP contribution in [-0.2, 0) is 4.79 Å². The highest BCUT2D eigenvalue weighted by atomic mass is 16.1.